The number of aromatic nitrogens is 1. The van der Waals surface area contributed by atoms with E-state index in [0.29, 0.717) is 12.0 Å². The molecule has 4 heteroatoms. The number of pyridine rings is 1. The molecule has 1 aliphatic rings. The van der Waals surface area contributed by atoms with Crippen LogP contribution in [0.3, 0.4) is 0 Å². The number of rotatable bonds is 2. The van der Waals surface area contributed by atoms with E-state index in [2.05, 4.69) is 0 Å². The van der Waals surface area contributed by atoms with E-state index < -0.39 is 6.29 Å². The lowest BCUT2D eigenvalue weighted by molar-refractivity contribution is -0.0795. The number of fused-ring (bicyclic) bond motifs is 5. The molecule has 0 radical (unpaired) electrons. The van der Waals surface area contributed by atoms with Crippen molar-refractivity contribution in [2.24, 2.45) is 7.05 Å². The maximum Gasteiger partial charge on any atom is 0.258 e. The van der Waals surface area contributed by atoms with Gasteiger partial charge in [0.2, 0.25) is 6.29 Å². The standard InChI is InChI=1S/C19H17NO3/c1-3-22-19-16-12-8-4-5-9-13(12)18(21)20(2)17(16)14-10-6-7-11-15(14)23-19/h4-11,19H,3H2,1-2H3. The van der Waals surface area contributed by atoms with Crippen molar-refractivity contribution in [1.29, 1.82) is 0 Å². The first-order valence-electron chi connectivity index (χ1n) is 7.71. The van der Waals surface area contributed by atoms with Gasteiger partial charge in [-0.2, -0.15) is 0 Å². The van der Waals surface area contributed by atoms with Crippen molar-refractivity contribution in [3.8, 4) is 17.0 Å². The zero-order valence-electron chi connectivity index (χ0n) is 13.1. The predicted octanol–water partition coefficient (Wildman–Crippen LogP) is 3.63. The van der Waals surface area contributed by atoms with E-state index in [4.69, 9.17) is 9.47 Å². The van der Waals surface area contributed by atoms with E-state index in [0.717, 1.165) is 28.0 Å². The fourth-order valence-electron chi connectivity index (χ4n) is 3.27. The summed E-state index contributed by atoms with van der Waals surface area (Å²) in [5, 5.41) is 1.57. The van der Waals surface area contributed by atoms with Gasteiger partial charge in [0.25, 0.3) is 5.56 Å². The minimum absolute atomic E-state index is 0.00805. The van der Waals surface area contributed by atoms with Crippen molar-refractivity contribution < 1.29 is 9.47 Å². The summed E-state index contributed by atoms with van der Waals surface area (Å²) >= 11 is 0. The molecule has 0 saturated carbocycles. The van der Waals surface area contributed by atoms with Crippen LogP contribution in [0.15, 0.2) is 53.3 Å². The number of hydrogen-bond acceptors (Lipinski definition) is 3. The molecule has 1 unspecified atom stereocenters. The Kier molecular flexibility index (Phi) is 3.20. The maximum absolute atomic E-state index is 12.8. The maximum atomic E-state index is 12.8. The Balaban J connectivity index is 2.17. The second-order valence-electron chi connectivity index (χ2n) is 5.57. The number of benzene rings is 2. The van der Waals surface area contributed by atoms with E-state index in [1.807, 2.05) is 55.5 Å². The van der Waals surface area contributed by atoms with E-state index in [1.165, 1.54) is 0 Å². The summed E-state index contributed by atoms with van der Waals surface area (Å²) < 4.78 is 13.6. The molecular weight excluding hydrogens is 290 g/mol. The summed E-state index contributed by atoms with van der Waals surface area (Å²) in [6.45, 7) is 2.47. The lowest BCUT2D eigenvalue weighted by Crippen LogP contribution is -2.26. The molecule has 2 heterocycles. The molecule has 3 aromatic rings. The Bertz CT molecular complexity index is 958. The molecule has 1 atom stereocenters. The summed E-state index contributed by atoms with van der Waals surface area (Å²) in [5.74, 6) is 0.740. The molecule has 2 aromatic carbocycles. The highest BCUT2D eigenvalue weighted by Crippen LogP contribution is 2.44. The Labute approximate surface area is 133 Å². The van der Waals surface area contributed by atoms with E-state index in [9.17, 15) is 4.79 Å². The topological polar surface area (TPSA) is 40.5 Å². The van der Waals surface area contributed by atoms with Gasteiger partial charge >= 0.3 is 0 Å². The van der Waals surface area contributed by atoms with Crippen molar-refractivity contribution in [1.82, 2.24) is 4.57 Å². The number of nitrogens with zero attached hydrogens (tertiary/aromatic N) is 1. The minimum atomic E-state index is -0.512. The normalized spacial score (nSPS) is 15.8. The van der Waals surface area contributed by atoms with Gasteiger partial charge in [-0.15, -0.1) is 0 Å². The van der Waals surface area contributed by atoms with Crippen LogP contribution in [0.5, 0.6) is 5.75 Å². The monoisotopic (exact) mass is 307 g/mol. The summed E-state index contributed by atoms with van der Waals surface area (Å²) in [5.41, 5.74) is 2.70. The third kappa shape index (κ3) is 1.99. The van der Waals surface area contributed by atoms with Crippen molar-refractivity contribution >= 4 is 10.8 Å². The molecule has 0 N–H and O–H groups in total. The zero-order chi connectivity index (χ0) is 16.0. The van der Waals surface area contributed by atoms with Crippen LogP contribution in [0.1, 0.15) is 18.8 Å². The first-order chi connectivity index (χ1) is 11.2. The summed E-state index contributed by atoms with van der Waals surface area (Å²) in [7, 11) is 1.80. The van der Waals surface area contributed by atoms with Crippen LogP contribution in [0.4, 0.5) is 0 Å². The molecule has 0 amide bonds. The fraction of sp³-hybridized carbons (Fsp3) is 0.211. The Morgan fingerprint density at radius 1 is 1.09 bits per heavy atom. The van der Waals surface area contributed by atoms with Crippen LogP contribution >= 0.6 is 0 Å². The van der Waals surface area contributed by atoms with Gasteiger partial charge < -0.3 is 14.0 Å². The molecule has 0 saturated heterocycles. The van der Waals surface area contributed by atoms with Gasteiger partial charge in [0.15, 0.2) is 0 Å². The molecule has 4 rings (SSSR count). The zero-order valence-corrected chi connectivity index (χ0v) is 13.1. The van der Waals surface area contributed by atoms with Gasteiger partial charge in [-0.25, -0.2) is 0 Å². The molecule has 116 valence electrons. The second-order valence-corrected chi connectivity index (χ2v) is 5.57. The van der Waals surface area contributed by atoms with Crippen molar-refractivity contribution in [2.45, 2.75) is 13.2 Å². The van der Waals surface area contributed by atoms with Gasteiger partial charge in [-0.3, -0.25) is 4.79 Å². The van der Waals surface area contributed by atoms with Crippen LogP contribution in [0, 0.1) is 0 Å². The van der Waals surface area contributed by atoms with Crippen molar-refractivity contribution in [3.05, 3.63) is 64.4 Å². The average Bonchev–Trinajstić information content (AvgIpc) is 2.59. The molecule has 0 bridgehead atoms. The van der Waals surface area contributed by atoms with Gasteiger partial charge in [-0.05, 0) is 30.5 Å². The Morgan fingerprint density at radius 2 is 1.78 bits per heavy atom. The van der Waals surface area contributed by atoms with Gasteiger partial charge in [0.1, 0.15) is 5.75 Å². The van der Waals surface area contributed by atoms with Crippen LogP contribution in [-0.2, 0) is 11.8 Å². The quantitative estimate of drug-likeness (QED) is 0.726. The average molecular weight is 307 g/mol. The van der Waals surface area contributed by atoms with E-state index in [-0.39, 0.29) is 5.56 Å². The molecular formula is C19H17NO3. The third-order valence-electron chi connectivity index (χ3n) is 4.27. The number of hydrogen-bond donors (Lipinski definition) is 0. The number of ether oxygens (including phenoxy) is 2. The fourth-order valence-corrected chi connectivity index (χ4v) is 3.27. The Morgan fingerprint density at radius 3 is 2.57 bits per heavy atom. The van der Waals surface area contributed by atoms with Crippen LogP contribution in [0.25, 0.3) is 22.0 Å². The summed E-state index contributed by atoms with van der Waals surface area (Å²) in [6.07, 6.45) is -0.512. The Hall–Kier alpha value is -2.59. The minimum Gasteiger partial charge on any atom is -0.460 e. The van der Waals surface area contributed by atoms with E-state index >= 15 is 0 Å². The van der Waals surface area contributed by atoms with Crippen LogP contribution < -0.4 is 10.3 Å². The second kappa shape index (κ2) is 5.25. The molecule has 23 heavy (non-hydrogen) atoms. The molecule has 4 nitrogen and oxygen atoms in total. The van der Waals surface area contributed by atoms with Gasteiger partial charge in [-0.1, -0.05) is 30.3 Å². The summed E-state index contributed by atoms with van der Waals surface area (Å²) in [4.78, 5) is 12.8. The molecule has 0 aliphatic carbocycles. The molecule has 1 aliphatic heterocycles. The highest BCUT2D eigenvalue weighted by atomic mass is 16.7. The SMILES string of the molecule is CCOC1Oc2ccccc2-c2c1c1ccccc1c(=O)n2C. The smallest absolute Gasteiger partial charge is 0.258 e. The van der Waals surface area contributed by atoms with Crippen molar-refractivity contribution in [2.75, 3.05) is 6.61 Å². The third-order valence-corrected chi connectivity index (χ3v) is 4.27. The van der Waals surface area contributed by atoms with Crippen molar-refractivity contribution in [3.63, 3.8) is 0 Å². The predicted molar refractivity (Wildman–Crippen MR) is 89.6 cm³/mol. The largest absolute Gasteiger partial charge is 0.460 e. The van der Waals surface area contributed by atoms with Gasteiger partial charge in [0.05, 0.1) is 11.3 Å². The highest BCUT2D eigenvalue weighted by Gasteiger charge is 2.31. The lowest BCUT2D eigenvalue weighted by atomic mass is 9.96. The number of para-hydroxylation sites is 1. The first kappa shape index (κ1) is 14.0. The first-order valence-corrected chi connectivity index (χ1v) is 7.71. The lowest BCUT2D eigenvalue weighted by Gasteiger charge is -2.30. The molecule has 0 spiro atoms. The van der Waals surface area contributed by atoms with E-state index in [1.54, 1.807) is 11.6 Å². The highest BCUT2D eigenvalue weighted by molar-refractivity contribution is 5.91. The van der Waals surface area contributed by atoms with Crippen LogP contribution in [-0.4, -0.2) is 11.2 Å². The molecule has 1 aromatic heterocycles. The van der Waals surface area contributed by atoms with Gasteiger partial charge in [0, 0.05) is 24.6 Å². The molecule has 0 fully saturated rings. The summed E-state index contributed by atoms with van der Waals surface area (Å²) in [6, 6.07) is 15.4. The van der Waals surface area contributed by atoms with Crippen LogP contribution in [0.2, 0.25) is 0 Å².